The first-order valence-electron chi connectivity index (χ1n) is 10.4. The van der Waals surface area contributed by atoms with Crippen molar-refractivity contribution in [2.24, 2.45) is 11.8 Å². The first kappa shape index (κ1) is 19.7. The van der Waals surface area contributed by atoms with Crippen LogP contribution in [0.3, 0.4) is 0 Å². The molecule has 0 spiro atoms. The van der Waals surface area contributed by atoms with E-state index < -0.39 is 10.0 Å². The van der Waals surface area contributed by atoms with Gasteiger partial charge in [0.2, 0.25) is 15.9 Å². The summed E-state index contributed by atoms with van der Waals surface area (Å²) in [6.07, 6.45) is 7.55. The third-order valence-corrected chi connectivity index (χ3v) is 8.56. The minimum atomic E-state index is -3.47. The number of hydrogen-bond donors (Lipinski definition) is 1. The summed E-state index contributed by atoms with van der Waals surface area (Å²) in [4.78, 5) is 12.8. The predicted octanol–water partition coefficient (Wildman–Crippen LogP) is 2.72. The highest BCUT2D eigenvalue weighted by Crippen LogP contribution is 2.44. The number of methoxy groups -OCH3 is 1. The van der Waals surface area contributed by atoms with E-state index >= 15 is 0 Å². The molecule has 1 N–H and O–H groups in total. The molecule has 2 saturated carbocycles. The average molecular weight is 407 g/mol. The maximum atomic E-state index is 12.8. The van der Waals surface area contributed by atoms with E-state index in [0.717, 1.165) is 30.7 Å². The van der Waals surface area contributed by atoms with Crippen LogP contribution in [0.4, 0.5) is 0 Å². The molecule has 3 fully saturated rings. The highest BCUT2D eigenvalue weighted by Gasteiger charge is 2.40. The molecule has 1 aromatic carbocycles. The van der Waals surface area contributed by atoms with Gasteiger partial charge in [-0.1, -0.05) is 6.42 Å². The predicted molar refractivity (Wildman–Crippen MR) is 107 cm³/mol. The molecule has 1 heterocycles. The first-order chi connectivity index (χ1) is 13.5. The number of nitrogens with zero attached hydrogens (tertiary/aromatic N) is 1. The molecule has 1 saturated heterocycles. The van der Waals surface area contributed by atoms with Crippen molar-refractivity contribution in [1.82, 2.24) is 9.62 Å². The molecule has 0 unspecified atom stereocenters. The van der Waals surface area contributed by atoms with Crippen LogP contribution >= 0.6 is 0 Å². The van der Waals surface area contributed by atoms with Crippen molar-refractivity contribution in [2.75, 3.05) is 20.2 Å². The van der Waals surface area contributed by atoms with Gasteiger partial charge in [0.05, 0.1) is 12.0 Å². The lowest BCUT2D eigenvalue weighted by Crippen LogP contribution is -2.38. The van der Waals surface area contributed by atoms with Gasteiger partial charge in [-0.15, -0.1) is 0 Å². The Labute approximate surface area is 167 Å². The van der Waals surface area contributed by atoms with Crippen LogP contribution in [0.5, 0.6) is 5.75 Å². The number of carbonyl (C=O) groups is 1. The van der Waals surface area contributed by atoms with Crippen molar-refractivity contribution in [2.45, 2.75) is 62.3 Å². The summed E-state index contributed by atoms with van der Waals surface area (Å²) in [7, 11) is -1.90. The summed E-state index contributed by atoms with van der Waals surface area (Å²) >= 11 is 0. The Morgan fingerprint density at radius 3 is 2.64 bits per heavy atom. The highest BCUT2D eigenvalue weighted by atomic mass is 32.2. The van der Waals surface area contributed by atoms with Crippen LogP contribution in [0.1, 0.15) is 50.5 Å². The summed E-state index contributed by atoms with van der Waals surface area (Å²) in [5.41, 5.74) is 0.769. The summed E-state index contributed by atoms with van der Waals surface area (Å²) in [6, 6.07) is 5.31. The Hall–Kier alpha value is -1.60. The SMILES string of the molecule is COc1ccc(S(=O)(=O)N2CCCC2)cc1CCC(=O)N[C@@H]1C[C@@H]2CC[C@@H]1C2. The van der Waals surface area contributed by atoms with Gasteiger partial charge in [0.15, 0.2) is 0 Å². The van der Waals surface area contributed by atoms with Crippen LogP contribution in [0, 0.1) is 11.8 Å². The zero-order chi connectivity index (χ0) is 19.7. The molecule has 4 rings (SSSR count). The molecular weight excluding hydrogens is 376 g/mol. The molecule has 1 aromatic rings. The Balaban J connectivity index is 1.42. The zero-order valence-electron chi connectivity index (χ0n) is 16.5. The molecule has 0 aromatic heterocycles. The number of fused-ring (bicyclic) bond motifs is 2. The molecule has 7 heteroatoms. The quantitative estimate of drug-likeness (QED) is 0.755. The van der Waals surface area contributed by atoms with E-state index in [1.54, 1.807) is 29.6 Å². The van der Waals surface area contributed by atoms with Gasteiger partial charge >= 0.3 is 0 Å². The fraction of sp³-hybridized carbons (Fsp3) is 0.667. The third kappa shape index (κ3) is 3.92. The standard InChI is InChI=1S/C21H30N2O4S/c1-27-20-8-7-18(28(25,26)23-10-2-3-11-23)14-17(20)6-9-21(24)22-19-13-15-4-5-16(19)12-15/h7-8,14-16,19H,2-6,9-13H2,1H3,(H,22,24)/t15-,16-,19-/m1/s1. The summed E-state index contributed by atoms with van der Waals surface area (Å²) < 4.78 is 32.6. The molecule has 6 nitrogen and oxygen atoms in total. The van der Waals surface area contributed by atoms with Gasteiger partial charge in [-0.05, 0) is 74.1 Å². The molecule has 1 aliphatic heterocycles. The second kappa shape index (κ2) is 8.03. The number of carbonyl (C=O) groups excluding carboxylic acids is 1. The number of amides is 1. The van der Waals surface area contributed by atoms with Gasteiger partial charge < -0.3 is 10.1 Å². The van der Waals surface area contributed by atoms with Crippen molar-refractivity contribution in [3.63, 3.8) is 0 Å². The van der Waals surface area contributed by atoms with Crippen LogP contribution in [0.15, 0.2) is 23.1 Å². The summed E-state index contributed by atoms with van der Waals surface area (Å²) in [5, 5.41) is 3.20. The summed E-state index contributed by atoms with van der Waals surface area (Å²) in [6.45, 7) is 1.16. The van der Waals surface area contributed by atoms with Gasteiger partial charge in [-0.3, -0.25) is 4.79 Å². The Kier molecular flexibility index (Phi) is 5.65. The zero-order valence-corrected chi connectivity index (χ0v) is 17.3. The van der Waals surface area contributed by atoms with Crippen molar-refractivity contribution in [3.05, 3.63) is 23.8 Å². The number of aryl methyl sites for hydroxylation is 1. The molecule has 1 amide bonds. The number of rotatable bonds is 7. The average Bonchev–Trinajstić information content (AvgIpc) is 3.44. The number of nitrogens with one attached hydrogen (secondary N) is 1. The van der Waals surface area contributed by atoms with E-state index in [0.29, 0.717) is 48.5 Å². The Bertz CT molecular complexity index is 833. The highest BCUT2D eigenvalue weighted by molar-refractivity contribution is 7.89. The van der Waals surface area contributed by atoms with Gasteiger partial charge in [-0.2, -0.15) is 4.31 Å². The number of sulfonamides is 1. The molecule has 3 atom stereocenters. The molecule has 0 radical (unpaired) electrons. The van der Waals surface area contributed by atoms with Gasteiger partial charge in [0.1, 0.15) is 5.75 Å². The van der Waals surface area contributed by atoms with Crippen molar-refractivity contribution in [1.29, 1.82) is 0 Å². The fourth-order valence-corrected chi connectivity index (χ4v) is 6.71. The third-order valence-electron chi connectivity index (χ3n) is 6.66. The minimum Gasteiger partial charge on any atom is -0.496 e. The molecule has 28 heavy (non-hydrogen) atoms. The van der Waals surface area contributed by atoms with Crippen molar-refractivity contribution in [3.8, 4) is 5.75 Å². The number of ether oxygens (including phenoxy) is 1. The lowest BCUT2D eigenvalue weighted by atomic mass is 9.95. The second-order valence-corrected chi connectivity index (χ2v) is 10.4. The maximum absolute atomic E-state index is 12.8. The molecule has 154 valence electrons. The largest absolute Gasteiger partial charge is 0.496 e. The van der Waals surface area contributed by atoms with Gasteiger partial charge in [0.25, 0.3) is 0 Å². The lowest BCUT2D eigenvalue weighted by molar-refractivity contribution is -0.122. The van der Waals surface area contributed by atoms with Crippen LogP contribution in [-0.2, 0) is 21.2 Å². The molecule has 2 aliphatic carbocycles. The fourth-order valence-electron chi connectivity index (χ4n) is 5.14. The molecular formula is C21H30N2O4S. The monoisotopic (exact) mass is 406 g/mol. The Morgan fingerprint density at radius 2 is 2.00 bits per heavy atom. The minimum absolute atomic E-state index is 0.0485. The summed E-state index contributed by atoms with van der Waals surface area (Å²) in [5.74, 6) is 2.13. The molecule has 2 bridgehead atoms. The van der Waals surface area contributed by atoms with E-state index in [1.807, 2.05) is 0 Å². The van der Waals surface area contributed by atoms with Crippen molar-refractivity contribution >= 4 is 15.9 Å². The van der Waals surface area contributed by atoms with Crippen LogP contribution in [-0.4, -0.2) is 44.9 Å². The van der Waals surface area contributed by atoms with E-state index in [4.69, 9.17) is 4.74 Å². The smallest absolute Gasteiger partial charge is 0.243 e. The van der Waals surface area contributed by atoms with Gasteiger partial charge in [0, 0.05) is 25.6 Å². The number of hydrogen-bond acceptors (Lipinski definition) is 4. The molecule has 3 aliphatic rings. The van der Waals surface area contributed by atoms with Crippen LogP contribution in [0.2, 0.25) is 0 Å². The topological polar surface area (TPSA) is 75.7 Å². The van der Waals surface area contributed by atoms with E-state index in [1.165, 1.54) is 19.3 Å². The second-order valence-electron chi connectivity index (χ2n) is 8.43. The van der Waals surface area contributed by atoms with Gasteiger partial charge in [-0.25, -0.2) is 8.42 Å². The number of benzene rings is 1. The normalized spacial score (nSPS) is 27.2. The van der Waals surface area contributed by atoms with E-state index in [-0.39, 0.29) is 5.91 Å². The van der Waals surface area contributed by atoms with E-state index in [9.17, 15) is 13.2 Å². The van der Waals surface area contributed by atoms with Crippen LogP contribution < -0.4 is 10.1 Å². The van der Waals surface area contributed by atoms with E-state index in [2.05, 4.69) is 5.32 Å². The lowest BCUT2D eigenvalue weighted by Gasteiger charge is -2.23. The van der Waals surface area contributed by atoms with Crippen molar-refractivity contribution < 1.29 is 17.9 Å². The first-order valence-corrected chi connectivity index (χ1v) is 11.9. The Morgan fingerprint density at radius 1 is 1.21 bits per heavy atom. The van der Waals surface area contributed by atoms with Crippen LogP contribution in [0.25, 0.3) is 0 Å². The maximum Gasteiger partial charge on any atom is 0.243 e.